The minimum Gasteiger partial charge on any atom is -0.256 e. The fourth-order valence-corrected chi connectivity index (χ4v) is 10.2. The standard InChI is InChI=1S/C48H32N2S2/c1-29-24-30(2)26-33(25-29)46-34(31-20-22-42(49-27-31)40-16-8-14-38-36-10-3-5-18-44(36)51-47(38)40)12-7-13-35(46)32-21-23-43(50-28-32)41-17-9-15-39-37-11-4-6-19-45(37)52-48(39)41/h3-28H,1-2H3. The highest BCUT2D eigenvalue weighted by molar-refractivity contribution is 7.26. The van der Waals surface area contributed by atoms with Crippen molar-refractivity contribution in [1.82, 2.24) is 9.97 Å². The van der Waals surface area contributed by atoms with E-state index in [9.17, 15) is 0 Å². The van der Waals surface area contributed by atoms with Crippen LogP contribution in [0.15, 0.2) is 158 Å². The van der Waals surface area contributed by atoms with Crippen LogP contribution in [-0.4, -0.2) is 9.97 Å². The van der Waals surface area contributed by atoms with Crippen LogP contribution in [0.4, 0.5) is 0 Å². The molecular weight excluding hydrogens is 669 g/mol. The van der Waals surface area contributed by atoms with Crippen LogP contribution < -0.4 is 0 Å². The summed E-state index contributed by atoms with van der Waals surface area (Å²) in [5.41, 5.74) is 13.7. The molecule has 0 atom stereocenters. The first-order valence-corrected chi connectivity index (χ1v) is 19.2. The van der Waals surface area contributed by atoms with Crippen molar-refractivity contribution in [3.05, 3.63) is 169 Å². The van der Waals surface area contributed by atoms with Gasteiger partial charge in [0.05, 0.1) is 11.4 Å². The molecule has 4 heteroatoms. The summed E-state index contributed by atoms with van der Waals surface area (Å²) in [6.07, 6.45) is 4.08. The van der Waals surface area contributed by atoms with Crippen LogP contribution in [-0.2, 0) is 0 Å². The number of hydrogen-bond donors (Lipinski definition) is 0. The molecule has 0 amide bonds. The normalized spacial score (nSPS) is 11.7. The molecule has 246 valence electrons. The molecule has 10 rings (SSSR count). The Balaban J connectivity index is 1.08. The van der Waals surface area contributed by atoms with Gasteiger partial charge in [-0.1, -0.05) is 132 Å². The van der Waals surface area contributed by atoms with E-state index in [-0.39, 0.29) is 0 Å². The van der Waals surface area contributed by atoms with Gasteiger partial charge in [-0.05, 0) is 60.4 Å². The maximum Gasteiger partial charge on any atom is 0.0716 e. The third-order valence-corrected chi connectivity index (χ3v) is 12.5. The third-order valence-electron chi connectivity index (χ3n) is 10.1. The predicted molar refractivity (Wildman–Crippen MR) is 224 cm³/mol. The maximum atomic E-state index is 5.10. The lowest BCUT2D eigenvalue weighted by molar-refractivity contribution is 1.32. The molecule has 6 aromatic carbocycles. The monoisotopic (exact) mass is 700 g/mol. The Kier molecular flexibility index (Phi) is 7.34. The average molecular weight is 701 g/mol. The van der Waals surface area contributed by atoms with Crippen molar-refractivity contribution >= 4 is 63.0 Å². The third kappa shape index (κ3) is 5.14. The fourth-order valence-electron chi connectivity index (χ4n) is 7.79. The molecule has 0 unspecified atom stereocenters. The summed E-state index contributed by atoms with van der Waals surface area (Å²) in [4.78, 5) is 10.2. The lowest BCUT2D eigenvalue weighted by atomic mass is 9.87. The molecule has 0 N–H and O–H groups in total. The number of fused-ring (bicyclic) bond motifs is 6. The molecule has 0 aliphatic rings. The van der Waals surface area contributed by atoms with E-state index in [0.717, 1.165) is 33.6 Å². The first-order valence-electron chi connectivity index (χ1n) is 17.5. The Hall–Kier alpha value is -5.94. The molecule has 0 aliphatic heterocycles. The van der Waals surface area contributed by atoms with Crippen molar-refractivity contribution in [3.8, 4) is 55.9 Å². The van der Waals surface area contributed by atoms with Crippen molar-refractivity contribution < 1.29 is 0 Å². The molecular formula is C48H32N2S2. The summed E-state index contributed by atoms with van der Waals surface area (Å²) >= 11 is 3.68. The lowest BCUT2D eigenvalue weighted by Gasteiger charge is -2.17. The second-order valence-electron chi connectivity index (χ2n) is 13.5. The zero-order chi connectivity index (χ0) is 34.8. The first-order chi connectivity index (χ1) is 25.6. The largest absolute Gasteiger partial charge is 0.256 e. The molecule has 0 aliphatic carbocycles. The molecule has 0 saturated heterocycles. The summed E-state index contributed by atoms with van der Waals surface area (Å²) < 4.78 is 5.16. The van der Waals surface area contributed by atoms with E-state index in [2.05, 4.69) is 159 Å². The van der Waals surface area contributed by atoms with Crippen molar-refractivity contribution in [2.24, 2.45) is 0 Å². The molecule has 2 nitrogen and oxygen atoms in total. The number of rotatable bonds is 5. The number of thiophene rings is 2. The van der Waals surface area contributed by atoms with Crippen LogP contribution in [0.25, 0.3) is 96.2 Å². The quantitative estimate of drug-likeness (QED) is 0.179. The number of benzene rings is 6. The van der Waals surface area contributed by atoms with E-state index in [1.54, 1.807) is 0 Å². The van der Waals surface area contributed by atoms with E-state index < -0.39 is 0 Å². The second-order valence-corrected chi connectivity index (χ2v) is 15.6. The molecule has 0 fully saturated rings. The Morgan fingerprint density at radius 3 is 1.31 bits per heavy atom. The lowest BCUT2D eigenvalue weighted by Crippen LogP contribution is -1.94. The van der Waals surface area contributed by atoms with Crippen molar-refractivity contribution in [2.75, 3.05) is 0 Å². The van der Waals surface area contributed by atoms with Crippen LogP contribution in [0.2, 0.25) is 0 Å². The Morgan fingerprint density at radius 2 is 0.827 bits per heavy atom. The molecule has 0 saturated carbocycles. The highest BCUT2D eigenvalue weighted by atomic mass is 32.1. The highest BCUT2D eigenvalue weighted by Crippen LogP contribution is 2.44. The van der Waals surface area contributed by atoms with Gasteiger partial charge in [-0.2, -0.15) is 0 Å². The molecule has 0 radical (unpaired) electrons. The summed E-state index contributed by atoms with van der Waals surface area (Å²) in [7, 11) is 0. The maximum absolute atomic E-state index is 5.10. The summed E-state index contributed by atoms with van der Waals surface area (Å²) in [6.45, 7) is 4.35. The van der Waals surface area contributed by atoms with Gasteiger partial charge in [0.2, 0.25) is 0 Å². The second kappa shape index (κ2) is 12.4. The van der Waals surface area contributed by atoms with Gasteiger partial charge < -0.3 is 0 Å². The topological polar surface area (TPSA) is 25.8 Å². The zero-order valence-electron chi connectivity index (χ0n) is 28.7. The van der Waals surface area contributed by atoms with Crippen LogP contribution in [0.5, 0.6) is 0 Å². The molecule has 0 spiro atoms. The number of aryl methyl sites for hydroxylation is 2. The minimum absolute atomic E-state index is 0.985. The zero-order valence-corrected chi connectivity index (χ0v) is 30.4. The van der Waals surface area contributed by atoms with Crippen molar-refractivity contribution in [2.45, 2.75) is 13.8 Å². The van der Waals surface area contributed by atoms with Crippen LogP contribution in [0, 0.1) is 13.8 Å². The van der Waals surface area contributed by atoms with E-state index in [4.69, 9.17) is 9.97 Å². The van der Waals surface area contributed by atoms with E-state index in [1.165, 1.54) is 73.7 Å². The molecule has 52 heavy (non-hydrogen) atoms. The van der Waals surface area contributed by atoms with Gasteiger partial charge in [0.25, 0.3) is 0 Å². The smallest absolute Gasteiger partial charge is 0.0716 e. The summed E-state index contributed by atoms with van der Waals surface area (Å²) in [5, 5.41) is 5.17. The van der Waals surface area contributed by atoms with Crippen molar-refractivity contribution in [3.63, 3.8) is 0 Å². The summed E-state index contributed by atoms with van der Waals surface area (Å²) in [6, 6.07) is 52.7. The van der Waals surface area contributed by atoms with Gasteiger partial charge in [-0.25, -0.2) is 0 Å². The minimum atomic E-state index is 0.985. The van der Waals surface area contributed by atoms with Crippen LogP contribution in [0.1, 0.15) is 11.1 Å². The summed E-state index contributed by atoms with van der Waals surface area (Å²) in [5.74, 6) is 0. The number of nitrogens with zero attached hydrogens (tertiary/aromatic N) is 2. The Labute approximate surface area is 310 Å². The average Bonchev–Trinajstić information content (AvgIpc) is 3.76. The van der Waals surface area contributed by atoms with Gasteiger partial charge in [0, 0.05) is 75.0 Å². The van der Waals surface area contributed by atoms with E-state index in [1.807, 2.05) is 35.1 Å². The number of aromatic nitrogens is 2. The number of pyridine rings is 2. The number of hydrogen-bond acceptors (Lipinski definition) is 4. The predicted octanol–water partition coefficient (Wildman–Crippen LogP) is 14.2. The van der Waals surface area contributed by atoms with Crippen molar-refractivity contribution in [1.29, 1.82) is 0 Å². The molecule has 4 aromatic heterocycles. The molecule has 4 heterocycles. The highest BCUT2D eigenvalue weighted by Gasteiger charge is 2.18. The Bertz CT molecular complexity index is 2770. The van der Waals surface area contributed by atoms with E-state index >= 15 is 0 Å². The SMILES string of the molecule is Cc1cc(C)cc(-c2c(-c3ccc(-c4cccc5c4sc4ccccc45)nc3)cccc2-c2ccc(-c3cccc4c3sc3ccccc34)nc2)c1. The molecule has 10 aromatic rings. The van der Waals surface area contributed by atoms with Crippen LogP contribution >= 0.6 is 22.7 Å². The first kappa shape index (κ1) is 30.8. The van der Waals surface area contributed by atoms with Gasteiger partial charge >= 0.3 is 0 Å². The van der Waals surface area contributed by atoms with Gasteiger partial charge in [0.15, 0.2) is 0 Å². The Morgan fingerprint density at radius 1 is 0.385 bits per heavy atom. The van der Waals surface area contributed by atoms with Gasteiger partial charge in [0.1, 0.15) is 0 Å². The fraction of sp³-hybridized carbons (Fsp3) is 0.0417. The molecule has 0 bridgehead atoms. The van der Waals surface area contributed by atoms with Crippen LogP contribution in [0.3, 0.4) is 0 Å². The van der Waals surface area contributed by atoms with Gasteiger partial charge in [-0.3, -0.25) is 9.97 Å². The van der Waals surface area contributed by atoms with E-state index in [0.29, 0.717) is 0 Å². The van der Waals surface area contributed by atoms with Gasteiger partial charge in [-0.15, -0.1) is 22.7 Å².